The van der Waals surface area contributed by atoms with Crippen molar-refractivity contribution in [2.45, 2.75) is 32.6 Å². The quantitative estimate of drug-likeness (QED) is 0.574. The molecular formula is C28H27N3O3S. The largest absolute Gasteiger partial charge is 0.325 e. The van der Waals surface area contributed by atoms with Gasteiger partial charge in [0.15, 0.2) is 0 Å². The number of nitrogens with zero attached hydrogens (tertiary/aromatic N) is 2. The summed E-state index contributed by atoms with van der Waals surface area (Å²) in [6.07, 6.45) is 0. The van der Waals surface area contributed by atoms with Crippen LogP contribution in [0.3, 0.4) is 0 Å². The van der Waals surface area contributed by atoms with Crippen LogP contribution in [0.5, 0.6) is 0 Å². The SMILES string of the molecule is Cc1cc(C)cc(NC(=O)CN2C(=O)[C@@]3(SCC(=O)N3c3ccc(C)c(C)c3)c3ccccc32)c1. The minimum atomic E-state index is -1.23. The number of anilines is 3. The lowest BCUT2D eigenvalue weighted by atomic mass is 10.0. The lowest BCUT2D eigenvalue weighted by Gasteiger charge is -2.33. The van der Waals surface area contributed by atoms with E-state index < -0.39 is 4.87 Å². The average Bonchev–Trinajstić information content (AvgIpc) is 3.26. The van der Waals surface area contributed by atoms with Crippen LogP contribution in [0.2, 0.25) is 0 Å². The standard InChI is InChI=1S/C28H27N3O3S/c1-17-11-18(2)13-21(12-17)29-25(32)15-30-24-8-6-5-7-23(24)28(27(30)34)31(26(33)16-35-28)22-10-9-19(3)20(4)14-22/h5-14H,15-16H2,1-4H3,(H,29,32)/t28-/m0/s1. The van der Waals surface area contributed by atoms with E-state index in [0.29, 0.717) is 17.1 Å². The van der Waals surface area contributed by atoms with Crippen LogP contribution in [0.25, 0.3) is 0 Å². The third kappa shape index (κ3) is 3.80. The summed E-state index contributed by atoms with van der Waals surface area (Å²) < 4.78 is 0. The molecule has 2 aliphatic heterocycles. The Morgan fingerprint density at radius 2 is 1.66 bits per heavy atom. The van der Waals surface area contributed by atoms with Crippen LogP contribution in [0.4, 0.5) is 17.1 Å². The molecule has 2 aliphatic rings. The Labute approximate surface area is 209 Å². The first-order valence-electron chi connectivity index (χ1n) is 11.5. The number of hydrogen-bond acceptors (Lipinski definition) is 4. The fraction of sp³-hybridized carbons (Fsp3) is 0.250. The first-order chi connectivity index (χ1) is 16.7. The van der Waals surface area contributed by atoms with E-state index in [1.807, 2.05) is 88.4 Å². The monoisotopic (exact) mass is 485 g/mol. The first kappa shape index (κ1) is 23.2. The molecule has 35 heavy (non-hydrogen) atoms. The van der Waals surface area contributed by atoms with Gasteiger partial charge in [-0.1, -0.05) is 30.3 Å². The van der Waals surface area contributed by atoms with Gasteiger partial charge in [-0.2, -0.15) is 0 Å². The molecule has 178 valence electrons. The van der Waals surface area contributed by atoms with Gasteiger partial charge in [0.25, 0.3) is 5.91 Å². The van der Waals surface area contributed by atoms with Crippen LogP contribution >= 0.6 is 11.8 Å². The summed E-state index contributed by atoms with van der Waals surface area (Å²) in [4.78, 5) is 42.2. The number of carbonyl (C=O) groups is 3. The minimum Gasteiger partial charge on any atom is -0.325 e. The number of fused-ring (bicyclic) bond motifs is 2. The number of aryl methyl sites for hydroxylation is 4. The van der Waals surface area contributed by atoms with Gasteiger partial charge in [0.2, 0.25) is 16.7 Å². The molecule has 1 N–H and O–H groups in total. The zero-order valence-electron chi connectivity index (χ0n) is 20.2. The molecule has 2 heterocycles. The van der Waals surface area contributed by atoms with Gasteiger partial charge < -0.3 is 5.32 Å². The molecule has 1 fully saturated rings. The van der Waals surface area contributed by atoms with Crippen molar-refractivity contribution in [3.63, 3.8) is 0 Å². The number of carbonyl (C=O) groups excluding carboxylic acids is 3. The highest BCUT2D eigenvalue weighted by molar-refractivity contribution is 8.02. The van der Waals surface area contributed by atoms with Gasteiger partial charge in [-0.3, -0.25) is 24.2 Å². The van der Waals surface area contributed by atoms with E-state index in [4.69, 9.17) is 0 Å². The summed E-state index contributed by atoms with van der Waals surface area (Å²) in [6, 6.07) is 19.1. The van der Waals surface area contributed by atoms with E-state index in [1.165, 1.54) is 16.7 Å². The number of rotatable bonds is 4. The topological polar surface area (TPSA) is 69.7 Å². The maximum atomic E-state index is 14.1. The van der Waals surface area contributed by atoms with Crippen molar-refractivity contribution in [1.29, 1.82) is 0 Å². The van der Waals surface area contributed by atoms with Crippen LogP contribution in [0, 0.1) is 27.7 Å². The van der Waals surface area contributed by atoms with Crippen molar-refractivity contribution < 1.29 is 14.4 Å². The molecule has 7 heteroatoms. The van der Waals surface area contributed by atoms with E-state index in [1.54, 1.807) is 4.90 Å². The molecule has 3 aromatic carbocycles. The number of thioether (sulfide) groups is 1. The van der Waals surface area contributed by atoms with E-state index in [-0.39, 0.29) is 30.0 Å². The Balaban J connectivity index is 1.52. The molecule has 6 nitrogen and oxygen atoms in total. The minimum absolute atomic E-state index is 0.122. The number of hydrogen-bond donors (Lipinski definition) is 1. The summed E-state index contributed by atoms with van der Waals surface area (Å²) >= 11 is 1.32. The van der Waals surface area contributed by atoms with E-state index >= 15 is 0 Å². The summed E-state index contributed by atoms with van der Waals surface area (Å²) in [6.45, 7) is 7.82. The van der Waals surface area contributed by atoms with Crippen molar-refractivity contribution in [3.8, 4) is 0 Å². The van der Waals surface area contributed by atoms with Crippen molar-refractivity contribution in [2.24, 2.45) is 0 Å². The molecule has 0 radical (unpaired) electrons. The second-order valence-corrected chi connectivity index (χ2v) is 10.4. The molecule has 0 saturated carbocycles. The zero-order valence-corrected chi connectivity index (χ0v) is 21.0. The van der Waals surface area contributed by atoms with Crippen molar-refractivity contribution in [2.75, 3.05) is 27.4 Å². The van der Waals surface area contributed by atoms with Gasteiger partial charge in [-0.25, -0.2) is 0 Å². The molecule has 3 aromatic rings. The number of para-hydroxylation sites is 1. The normalized spacial score (nSPS) is 19.0. The molecule has 0 aromatic heterocycles. The summed E-state index contributed by atoms with van der Waals surface area (Å²) in [5.74, 6) is -0.496. The molecule has 1 spiro atoms. The van der Waals surface area contributed by atoms with E-state index in [9.17, 15) is 14.4 Å². The average molecular weight is 486 g/mol. The zero-order chi connectivity index (χ0) is 24.9. The third-order valence-corrected chi connectivity index (χ3v) is 8.01. The maximum Gasteiger partial charge on any atom is 0.269 e. The maximum absolute atomic E-state index is 14.1. The van der Waals surface area contributed by atoms with Crippen LogP contribution in [-0.4, -0.2) is 30.0 Å². The lowest BCUT2D eigenvalue weighted by molar-refractivity contribution is -0.124. The molecule has 1 saturated heterocycles. The van der Waals surface area contributed by atoms with Gasteiger partial charge in [-0.05, 0) is 80.3 Å². The highest BCUT2D eigenvalue weighted by Gasteiger charge is 2.61. The Morgan fingerprint density at radius 3 is 2.37 bits per heavy atom. The van der Waals surface area contributed by atoms with Crippen LogP contribution in [0.15, 0.2) is 60.7 Å². The van der Waals surface area contributed by atoms with Gasteiger partial charge in [0.1, 0.15) is 6.54 Å². The van der Waals surface area contributed by atoms with Gasteiger partial charge in [0.05, 0.1) is 11.4 Å². The smallest absolute Gasteiger partial charge is 0.269 e. The molecule has 3 amide bonds. The van der Waals surface area contributed by atoms with E-state index in [2.05, 4.69) is 5.32 Å². The molecule has 1 atom stereocenters. The Morgan fingerprint density at radius 1 is 0.943 bits per heavy atom. The van der Waals surface area contributed by atoms with Gasteiger partial charge in [0, 0.05) is 16.9 Å². The predicted molar refractivity (Wildman–Crippen MR) is 141 cm³/mol. The van der Waals surface area contributed by atoms with Crippen LogP contribution in [-0.2, 0) is 19.3 Å². The van der Waals surface area contributed by atoms with E-state index in [0.717, 1.165) is 27.8 Å². The first-order valence-corrected chi connectivity index (χ1v) is 12.5. The van der Waals surface area contributed by atoms with Crippen molar-refractivity contribution in [1.82, 2.24) is 0 Å². The molecule has 0 bridgehead atoms. The Hall–Kier alpha value is -3.58. The molecule has 5 rings (SSSR count). The highest BCUT2D eigenvalue weighted by atomic mass is 32.2. The summed E-state index contributed by atoms with van der Waals surface area (Å²) in [5.41, 5.74) is 7.04. The Kier molecular flexibility index (Phi) is 5.68. The molecular weight excluding hydrogens is 458 g/mol. The lowest BCUT2D eigenvalue weighted by Crippen LogP contribution is -2.50. The second kappa shape index (κ2) is 8.57. The number of benzene rings is 3. The fourth-order valence-corrected chi connectivity index (χ4v) is 6.33. The second-order valence-electron chi connectivity index (χ2n) is 9.26. The molecule has 0 aliphatic carbocycles. The number of nitrogens with one attached hydrogen (secondary N) is 1. The summed E-state index contributed by atoms with van der Waals surface area (Å²) in [7, 11) is 0. The number of amides is 3. The summed E-state index contributed by atoms with van der Waals surface area (Å²) in [5, 5.41) is 2.93. The van der Waals surface area contributed by atoms with Crippen LogP contribution < -0.4 is 15.1 Å². The highest BCUT2D eigenvalue weighted by Crippen LogP contribution is 2.55. The Bertz CT molecular complexity index is 1370. The molecule has 0 unspecified atom stereocenters. The van der Waals surface area contributed by atoms with Crippen molar-refractivity contribution in [3.05, 3.63) is 88.5 Å². The van der Waals surface area contributed by atoms with Crippen molar-refractivity contribution >= 4 is 46.5 Å². The van der Waals surface area contributed by atoms with Crippen LogP contribution in [0.1, 0.15) is 27.8 Å². The van der Waals surface area contributed by atoms with Gasteiger partial charge >= 0.3 is 0 Å². The predicted octanol–water partition coefficient (Wildman–Crippen LogP) is 4.84. The third-order valence-electron chi connectivity index (χ3n) is 6.62. The van der Waals surface area contributed by atoms with Gasteiger partial charge in [-0.15, -0.1) is 11.8 Å². The fourth-order valence-electron chi connectivity index (χ4n) is 4.97.